The Kier molecular flexibility index (Phi) is 4.63. The van der Waals surface area contributed by atoms with Crippen LogP contribution >= 0.6 is 0 Å². The maximum absolute atomic E-state index is 6.11. The fraction of sp³-hybridized carbons (Fsp3) is 0.667. The first-order valence-electron chi connectivity index (χ1n) is 8.23. The van der Waals surface area contributed by atoms with Crippen LogP contribution in [-0.2, 0) is 16.0 Å². The molecule has 0 radical (unpaired) electrons. The Bertz CT molecular complexity index is 449. The van der Waals surface area contributed by atoms with E-state index in [1.165, 1.54) is 11.1 Å². The standard InChI is InChI=1S/C18H27NO2/c1-3-20-17-12-18(21-14-17)8-10-19(11-9-18)13-16-6-4-15(2)5-7-16/h4-7,17H,3,8-14H2,1-2H3/t17-/m1/s1. The minimum Gasteiger partial charge on any atom is -0.376 e. The van der Waals surface area contributed by atoms with Crippen molar-refractivity contribution in [3.05, 3.63) is 35.4 Å². The molecule has 3 heteroatoms. The zero-order valence-corrected chi connectivity index (χ0v) is 13.3. The first-order chi connectivity index (χ1) is 10.2. The van der Waals surface area contributed by atoms with Gasteiger partial charge in [-0.15, -0.1) is 0 Å². The number of piperidine rings is 1. The molecule has 0 N–H and O–H groups in total. The average Bonchev–Trinajstić information content (AvgIpc) is 2.88. The largest absolute Gasteiger partial charge is 0.376 e. The SMILES string of the molecule is CCO[C@H]1COC2(CCN(Cc3ccc(C)cc3)CC2)C1. The molecule has 2 aliphatic rings. The lowest BCUT2D eigenvalue weighted by Crippen LogP contribution is -2.43. The van der Waals surface area contributed by atoms with E-state index >= 15 is 0 Å². The number of ether oxygens (including phenoxy) is 2. The topological polar surface area (TPSA) is 21.7 Å². The van der Waals surface area contributed by atoms with Crippen LogP contribution in [0.1, 0.15) is 37.3 Å². The van der Waals surface area contributed by atoms with Gasteiger partial charge in [-0.3, -0.25) is 4.90 Å². The second-order valence-electron chi connectivity index (χ2n) is 6.54. The van der Waals surface area contributed by atoms with E-state index in [1.54, 1.807) is 0 Å². The van der Waals surface area contributed by atoms with Crippen molar-refractivity contribution in [3.8, 4) is 0 Å². The molecule has 2 aliphatic heterocycles. The Morgan fingerprint density at radius 2 is 1.95 bits per heavy atom. The molecule has 0 saturated carbocycles. The van der Waals surface area contributed by atoms with Crippen molar-refractivity contribution in [2.45, 2.75) is 51.4 Å². The molecule has 3 rings (SSSR count). The van der Waals surface area contributed by atoms with Crippen LogP contribution in [0.15, 0.2) is 24.3 Å². The summed E-state index contributed by atoms with van der Waals surface area (Å²) in [4.78, 5) is 2.55. The van der Waals surface area contributed by atoms with E-state index < -0.39 is 0 Å². The third-order valence-electron chi connectivity index (χ3n) is 4.87. The van der Waals surface area contributed by atoms with Crippen LogP contribution in [0.4, 0.5) is 0 Å². The summed E-state index contributed by atoms with van der Waals surface area (Å²) < 4.78 is 11.8. The lowest BCUT2D eigenvalue weighted by Gasteiger charge is -2.38. The van der Waals surface area contributed by atoms with Crippen molar-refractivity contribution in [3.63, 3.8) is 0 Å². The van der Waals surface area contributed by atoms with Gasteiger partial charge < -0.3 is 9.47 Å². The number of aryl methyl sites for hydroxylation is 1. The fourth-order valence-corrected chi connectivity index (χ4v) is 3.56. The van der Waals surface area contributed by atoms with Crippen molar-refractivity contribution in [2.75, 3.05) is 26.3 Å². The zero-order chi connectivity index (χ0) is 14.7. The highest BCUT2D eigenvalue weighted by atomic mass is 16.6. The molecule has 1 spiro atoms. The second-order valence-corrected chi connectivity index (χ2v) is 6.54. The summed E-state index contributed by atoms with van der Waals surface area (Å²) in [6.07, 6.45) is 3.68. The predicted octanol–water partition coefficient (Wildman–Crippen LogP) is 3.16. The van der Waals surface area contributed by atoms with E-state index in [1.807, 2.05) is 0 Å². The minimum atomic E-state index is 0.101. The van der Waals surface area contributed by atoms with Crippen LogP contribution in [-0.4, -0.2) is 42.9 Å². The molecule has 1 aromatic rings. The van der Waals surface area contributed by atoms with E-state index in [4.69, 9.17) is 9.47 Å². The van der Waals surface area contributed by atoms with Crippen molar-refractivity contribution in [1.82, 2.24) is 4.90 Å². The first-order valence-corrected chi connectivity index (χ1v) is 8.23. The van der Waals surface area contributed by atoms with Crippen LogP contribution < -0.4 is 0 Å². The number of hydrogen-bond acceptors (Lipinski definition) is 3. The van der Waals surface area contributed by atoms with Gasteiger partial charge in [-0.1, -0.05) is 29.8 Å². The summed E-state index contributed by atoms with van der Waals surface area (Å²) in [6.45, 7) is 9.11. The van der Waals surface area contributed by atoms with Gasteiger partial charge in [0.1, 0.15) is 0 Å². The smallest absolute Gasteiger partial charge is 0.0836 e. The molecule has 3 nitrogen and oxygen atoms in total. The lowest BCUT2D eigenvalue weighted by molar-refractivity contribution is -0.0464. The molecule has 116 valence electrons. The summed E-state index contributed by atoms with van der Waals surface area (Å²) in [5.74, 6) is 0. The first kappa shape index (κ1) is 15.0. The van der Waals surface area contributed by atoms with E-state index in [0.717, 1.165) is 52.1 Å². The van der Waals surface area contributed by atoms with E-state index in [-0.39, 0.29) is 5.60 Å². The zero-order valence-electron chi connectivity index (χ0n) is 13.3. The number of nitrogens with zero attached hydrogens (tertiary/aromatic N) is 1. The molecule has 0 unspecified atom stereocenters. The molecule has 1 atom stereocenters. The van der Waals surface area contributed by atoms with Gasteiger partial charge in [0, 0.05) is 32.7 Å². The Labute approximate surface area is 128 Å². The molecule has 2 saturated heterocycles. The second kappa shape index (κ2) is 6.47. The maximum Gasteiger partial charge on any atom is 0.0836 e. The monoisotopic (exact) mass is 289 g/mol. The van der Waals surface area contributed by atoms with Crippen molar-refractivity contribution in [2.24, 2.45) is 0 Å². The molecule has 0 aromatic heterocycles. The average molecular weight is 289 g/mol. The predicted molar refractivity (Wildman–Crippen MR) is 84.4 cm³/mol. The molecular formula is C18H27NO2. The van der Waals surface area contributed by atoms with Gasteiger partial charge in [-0.25, -0.2) is 0 Å². The Hall–Kier alpha value is -0.900. The Morgan fingerprint density at radius 1 is 1.24 bits per heavy atom. The molecule has 2 fully saturated rings. The maximum atomic E-state index is 6.11. The molecule has 0 aliphatic carbocycles. The Morgan fingerprint density at radius 3 is 2.62 bits per heavy atom. The van der Waals surface area contributed by atoms with E-state index in [2.05, 4.69) is 43.0 Å². The third-order valence-corrected chi connectivity index (χ3v) is 4.87. The van der Waals surface area contributed by atoms with Crippen LogP contribution in [0.25, 0.3) is 0 Å². The molecule has 0 bridgehead atoms. The molecule has 0 amide bonds. The van der Waals surface area contributed by atoms with Crippen molar-refractivity contribution >= 4 is 0 Å². The van der Waals surface area contributed by atoms with E-state index in [9.17, 15) is 0 Å². The van der Waals surface area contributed by atoms with E-state index in [0.29, 0.717) is 6.10 Å². The Balaban J connectivity index is 1.50. The van der Waals surface area contributed by atoms with Gasteiger partial charge >= 0.3 is 0 Å². The van der Waals surface area contributed by atoms with Crippen LogP contribution in [0, 0.1) is 6.92 Å². The van der Waals surface area contributed by atoms with Gasteiger partial charge in [-0.2, -0.15) is 0 Å². The minimum absolute atomic E-state index is 0.101. The normalized spacial score (nSPS) is 25.5. The van der Waals surface area contributed by atoms with Gasteiger partial charge in [0.05, 0.1) is 18.3 Å². The highest BCUT2D eigenvalue weighted by Crippen LogP contribution is 2.37. The summed E-state index contributed by atoms with van der Waals surface area (Å²) in [6, 6.07) is 8.90. The lowest BCUT2D eigenvalue weighted by atomic mass is 9.88. The van der Waals surface area contributed by atoms with Crippen LogP contribution in [0.3, 0.4) is 0 Å². The summed E-state index contributed by atoms with van der Waals surface area (Å²) in [5.41, 5.74) is 2.85. The summed E-state index contributed by atoms with van der Waals surface area (Å²) in [7, 11) is 0. The number of benzene rings is 1. The van der Waals surface area contributed by atoms with Crippen molar-refractivity contribution < 1.29 is 9.47 Å². The van der Waals surface area contributed by atoms with Crippen LogP contribution in [0.5, 0.6) is 0 Å². The quantitative estimate of drug-likeness (QED) is 0.850. The molecular weight excluding hydrogens is 262 g/mol. The van der Waals surface area contributed by atoms with Crippen LogP contribution in [0.2, 0.25) is 0 Å². The molecule has 2 heterocycles. The van der Waals surface area contributed by atoms with Gasteiger partial charge in [0.25, 0.3) is 0 Å². The molecule has 21 heavy (non-hydrogen) atoms. The van der Waals surface area contributed by atoms with Crippen molar-refractivity contribution in [1.29, 1.82) is 0 Å². The number of likely N-dealkylation sites (tertiary alicyclic amines) is 1. The summed E-state index contributed by atoms with van der Waals surface area (Å²) in [5, 5.41) is 0. The van der Waals surface area contributed by atoms with Gasteiger partial charge in [0.2, 0.25) is 0 Å². The number of rotatable bonds is 4. The fourth-order valence-electron chi connectivity index (χ4n) is 3.56. The number of hydrogen-bond donors (Lipinski definition) is 0. The van der Waals surface area contributed by atoms with Gasteiger partial charge in [-0.05, 0) is 32.3 Å². The highest BCUT2D eigenvalue weighted by Gasteiger charge is 2.42. The molecule has 1 aromatic carbocycles. The summed E-state index contributed by atoms with van der Waals surface area (Å²) >= 11 is 0. The van der Waals surface area contributed by atoms with Gasteiger partial charge in [0.15, 0.2) is 0 Å². The highest BCUT2D eigenvalue weighted by molar-refractivity contribution is 5.21. The third kappa shape index (κ3) is 3.65.